The van der Waals surface area contributed by atoms with Gasteiger partial charge in [-0.25, -0.2) is 4.37 Å². The van der Waals surface area contributed by atoms with Crippen molar-refractivity contribution in [1.29, 1.82) is 0 Å². The molecule has 0 aliphatic heterocycles. The van der Waals surface area contributed by atoms with E-state index in [0.29, 0.717) is 0 Å². The van der Waals surface area contributed by atoms with Crippen LogP contribution in [0, 0.1) is 6.92 Å². The van der Waals surface area contributed by atoms with Crippen molar-refractivity contribution >= 4 is 11.5 Å². The Labute approximate surface area is 58.9 Å². The summed E-state index contributed by atoms with van der Waals surface area (Å²) in [5, 5.41) is 0. The van der Waals surface area contributed by atoms with E-state index >= 15 is 0 Å². The monoisotopic (exact) mass is 142 g/mol. The molecule has 2 nitrogen and oxygen atoms in total. The standard InChI is InChI=1S/C6H10N2S/c1-4-3-8-9-6(4)5(2)7/h3,5H,7H2,1-2H3. The molecule has 0 fully saturated rings. The zero-order valence-corrected chi connectivity index (χ0v) is 6.40. The molecule has 1 unspecified atom stereocenters. The van der Waals surface area contributed by atoms with Crippen molar-refractivity contribution in [3.05, 3.63) is 16.6 Å². The number of aromatic nitrogens is 1. The van der Waals surface area contributed by atoms with Crippen molar-refractivity contribution in [2.24, 2.45) is 5.73 Å². The SMILES string of the molecule is Cc1cnsc1C(C)N. The van der Waals surface area contributed by atoms with Crippen molar-refractivity contribution in [3.63, 3.8) is 0 Å². The number of aryl methyl sites for hydroxylation is 1. The van der Waals surface area contributed by atoms with Crippen molar-refractivity contribution < 1.29 is 0 Å². The highest BCUT2D eigenvalue weighted by Gasteiger charge is 2.04. The first-order chi connectivity index (χ1) is 4.22. The molecule has 1 aromatic heterocycles. The predicted molar refractivity (Wildman–Crippen MR) is 39.5 cm³/mol. The number of nitrogens with zero attached hydrogens (tertiary/aromatic N) is 1. The van der Waals surface area contributed by atoms with Crippen molar-refractivity contribution in [1.82, 2.24) is 4.37 Å². The minimum absolute atomic E-state index is 0.137. The van der Waals surface area contributed by atoms with Gasteiger partial charge in [-0.05, 0) is 30.9 Å². The summed E-state index contributed by atoms with van der Waals surface area (Å²) in [5.74, 6) is 0. The number of nitrogens with two attached hydrogens (primary N) is 1. The van der Waals surface area contributed by atoms with E-state index in [4.69, 9.17) is 5.73 Å². The average molecular weight is 142 g/mol. The Balaban J connectivity index is 2.94. The van der Waals surface area contributed by atoms with Crippen LogP contribution in [0.3, 0.4) is 0 Å². The van der Waals surface area contributed by atoms with Crippen molar-refractivity contribution in [2.45, 2.75) is 19.9 Å². The average Bonchev–Trinajstić information content (AvgIpc) is 2.13. The van der Waals surface area contributed by atoms with E-state index in [0.717, 1.165) is 0 Å². The normalized spacial score (nSPS) is 13.7. The molecule has 1 heterocycles. The third kappa shape index (κ3) is 1.28. The van der Waals surface area contributed by atoms with Gasteiger partial charge in [-0.3, -0.25) is 0 Å². The second-order valence-electron chi connectivity index (χ2n) is 2.16. The molecule has 0 aliphatic rings. The summed E-state index contributed by atoms with van der Waals surface area (Å²) >= 11 is 1.48. The summed E-state index contributed by atoms with van der Waals surface area (Å²) in [6, 6.07) is 0.137. The zero-order chi connectivity index (χ0) is 6.85. The summed E-state index contributed by atoms with van der Waals surface area (Å²) in [6.45, 7) is 4.00. The summed E-state index contributed by atoms with van der Waals surface area (Å²) in [5.41, 5.74) is 6.83. The molecule has 0 spiro atoms. The molecule has 1 atom stereocenters. The fourth-order valence-electron chi connectivity index (χ4n) is 0.740. The molecule has 3 heteroatoms. The summed E-state index contributed by atoms with van der Waals surface area (Å²) in [7, 11) is 0. The summed E-state index contributed by atoms with van der Waals surface area (Å²) < 4.78 is 4.00. The lowest BCUT2D eigenvalue weighted by atomic mass is 10.2. The first-order valence-corrected chi connectivity index (χ1v) is 3.66. The second-order valence-corrected chi connectivity index (χ2v) is 2.99. The first-order valence-electron chi connectivity index (χ1n) is 2.88. The number of hydrogen-bond donors (Lipinski definition) is 1. The van der Waals surface area contributed by atoms with Crippen LogP contribution in [0.25, 0.3) is 0 Å². The van der Waals surface area contributed by atoms with E-state index < -0.39 is 0 Å². The Hall–Kier alpha value is -0.410. The largest absolute Gasteiger partial charge is 0.323 e. The Morgan fingerprint density at radius 2 is 2.44 bits per heavy atom. The lowest BCUT2D eigenvalue weighted by Crippen LogP contribution is -2.03. The highest BCUT2D eigenvalue weighted by atomic mass is 32.1. The highest BCUT2D eigenvalue weighted by Crippen LogP contribution is 2.18. The molecule has 9 heavy (non-hydrogen) atoms. The van der Waals surface area contributed by atoms with Gasteiger partial charge in [0.2, 0.25) is 0 Å². The van der Waals surface area contributed by atoms with E-state index in [1.165, 1.54) is 22.0 Å². The van der Waals surface area contributed by atoms with Crippen LogP contribution in [-0.2, 0) is 0 Å². The third-order valence-electron chi connectivity index (χ3n) is 1.20. The maximum absolute atomic E-state index is 5.63. The molecule has 0 saturated carbocycles. The van der Waals surface area contributed by atoms with E-state index in [9.17, 15) is 0 Å². The molecular formula is C6H10N2S. The molecule has 0 aliphatic carbocycles. The smallest absolute Gasteiger partial charge is 0.0446 e. The van der Waals surface area contributed by atoms with Gasteiger partial charge in [0.1, 0.15) is 0 Å². The number of hydrogen-bond acceptors (Lipinski definition) is 3. The van der Waals surface area contributed by atoms with Crippen LogP contribution in [0.5, 0.6) is 0 Å². The van der Waals surface area contributed by atoms with Crippen molar-refractivity contribution in [3.8, 4) is 0 Å². The van der Waals surface area contributed by atoms with Gasteiger partial charge in [0.25, 0.3) is 0 Å². The van der Waals surface area contributed by atoms with Gasteiger partial charge >= 0.3 is 0 Å². The van der Waals surface area contributed by atoms with Gasteiger partial charge in [0.05, 0.1) is 0 Å². The topological polar surface area (TPSA) is 38.9 Å². The molecule has 0 aromatic carbocycles. The molecule has 50 valence electrons. The Bertz CT molecular complexity index is 193. The zero-order valence-electron chi connectivity index (χ0n) is 5.59. The third-order valence-corrected chi connectivity index (χ3v) is 2.30. The van der Waals surface area contributed by atoms with Gasteiger partial charge in [-0.2, -0.15) is 0 Å². The van der Waals surface area contributed by atoms with Crippen LogP contribution in [0.15, 0.2) is 6.20 Å². The van der Waals surface area contributed by atoms with E-state index in [1.54, 1.807) is 0 Å². The fraction of sp³-hybridized carbons (Fsp3) is 0.500. The summed E-state index contributed by atoms with van der Waals surface area (Å²) in [4.78, 5) is 1.19. The molecular weight excluding hydrogens is 132 g/mol. The number of rotatable bonds is 1. The van der Waals surface area contributed by atoms with Gasteiger partial charge in [-0.15, -0.1) is 0 Å². The summed E-state index contributed by atoms with van der Waals surface area (Å²) in [6.07, 6.45) is 1.85. The maximum Gasteiger partial charge on any atom is 0.0446 e. The molecule has 0 bridgehead atoms. The van der Waals surface area contributed by atoms with Gasteiger partial charge in [-0.1, -0.05) is 0 Å². The van der Waals surface area contributed by atoms with Crippen LogP contribution in [0.2, 0.25) is 0 Å². The van der Waals surface area contributed by atoms with Gasteiger partial charge in [0, 0.05) is 17.1 Å². The lowest BCUT2D eigenvalue weighted by molar-refractivity contribution is 0.831. The Morgan fingerprint density at radius 1 is 1.78 bits per heavy atom. The van der Waals surface area contributed by atoms with E-state index in [1.807, 2.05) is 20.0 Å². The second kappa shape index (κ2) is 2.45. The van der Waals surface area contributed by atoms with Crippen LogP contribution >= 0.6 is 11.5 Å². The van der Waals surface area contributed by atoms with Crippen LogP contribution < -0.4 is 5.73 Å². The van der Waals surface area contributed by atoms with Gasteiger partial charge in [0.15, 0.2) is 0 Å². The molecule has 1 rings (SSSR count). The van der Waals surface area contributed by atoms with E-state index in [-0.39, 0.29) is 6.04 Å². The highest BCUT2D eigenvalue weighted by molar-refractivity contribution is 7.06. The molecule has 1 aromatic rings. The van der Waals surface area contributed by atoms with Crippen LogP contribution in [0.4, 0.5) is 0 Å². The minimum Gasteiger partial charge on any atom is -0.323 e. The quantitative estimate of drug-likeness (QED) is 0.645. The maximum atomic E-state index is 5.63. The Kier molecular flexibility index (Phi) is 1.83. The minimum atomic E-state index is 0.137. The first kappa shape index (κ1) is 6.71. The molecule has 0 saturated heterocycles. The molecule has 2 N–H and O–H groups in total. The fourth-order valence-corrected chi connectivity index (χ4v) is 1.43. The van der Waals surface area contributed by atoms with Crippen LogP contribution in [-0.4, -0.2) is 4.37 Å². The van der Waals surface area contributed by atoms with E-state index in [2.05, 4.69) is 4.37 Å². The van der Waals surface area contributed by atoms with Gasteiger partial charge < -0.3 is 5.73 Å². The van der Waals surface area contributed by atoms with Crippen molar-refractivity contribution in [2.75, 3.05) is 0 Å². The lowest BCUT2D eigenvalue weighted by Gasteiger charge is -1.99. The van der Waals surface area contributed by atoms with Crippen LogP contribution in [0.1, 0.15) is 23.4 Å². The molecule has 0 radical (unpaired) electrons. The predicted octanol–water partition coefficient (Wildman–Crippen LogP) is 1.47. The molecule has 0 amide bonds. The Morgan fingerprint density at radius 3 is 2.67 bits per heavy atom.